The molecule has 2 heterocycles. The zero-order valence-corrected chi connectivity index (χ0v) is 15.7. The van der Waals surface area contributed by atoms with E-state index in [1.54, 1.807) is 9.80 Å². The molecule has 2 aliphatic rings. The Morgan fingerprint density at radius 1 is 1.15 bits per heavy atom. The van der Waals surface area contributed by atoms with E-state index in [0.717, 1.165) is 16.9 Å². The maximum Gasteiger partial charge on any atom is 0.255 e. The molecule has 2 amide bonds. The van der Waals surface area contributed by atoms with Crippen molar-refractivity contribution >= 4 is 11.8 Å². The van der Waals surface area contributed by atoms with Crippen molar-refractivity contribution in [2.75, 3.05) is 13.1 Å². The van der Waals surface area contributed by atoms with Crippen LogP contribution in [0, 0.1) is 6.92 Å². The van der Waals surface area contributed by atoms with E-state index in [-0.39, 0.29) is 17.9 Å². The van der Waals surface area contributed by atoms with E-state index >= 15 is 0 Å². The van der Waals surface area contributed by atoms with Gasteiger partial charge in [0.05, 0.1) is 13.1 Å². The minimum atomic E-state index is -0.413. The van der Waals surface area contributed by atoms with Gasteiger partial charge < -0.3 is 14.5 Å². The lowest BCUT2D eigenvalue weighted by Crippen LogP contribution is -2.60. The van der Waals surface area contributed by atoms with E-state index in [2.05, 4.69) is 0 Å². The third kappa shape index (κ3) is 3.18. The summed E-state index contributed by atoms with van der Waals surface area (Å²) in [6.45, 7) is 5.62. The number of para-hydroxylation sites is 1. The summed E-state index contributed by atoms with van der Waals surface area (Å²) in [5.41, 5.74) is 2.81. The van der Waals surface area contributed by atoms with E-state index in [1.165, 1.54) is 0 Å². The van der Waals surface area contributed by atoms with Crippen molar-refractivity contribution in [1.82, 2.24) is 9.80 Å². The van der Waals surface area contributed by atoms with Crippen molar-refractivity contribution in [2.45, 2.75) is 39.0 Å². The number of rotatable bonds is 5. The van der Waals surface area contributed by atoms with Gasteiger partial charge in [-0.25, -0.2) is 0 Å². The summed E-state index contributed by atoms with van der Waals surface area (Å²) < 4.78 is 6.00. The van der Waals surface area contributed by atoms with Gasteiger partial charge in [-0.1, -0.05) is 43.3 Å². The highest BCUT2D eigenvalue weighted by Gasteiger charge is 2.41. The molecular weight excluding hydrogens is 340 g/mol. The van der Waals surface area contributed by atoms with Crippen molar-refractivity contribution in [1.29, 1.82) is 0 Å². The van der Waals surface area contributed by atoms with E-state index in [9.17, 15) is 9.59 Å². The largest absolute Gasteiger partial charge is 0.486 e. The van der Waals surface area contributed by atoms with Crippen molar-refractivity contribution in [3.63, 3.8) is 0 Å². The Morgan fingerprint density at radius 3 is 2.56 bits per heavy atom. The molecule has 0 aromatic heterocycles. The first-order chi connectivity index (χ1) is 13.1. The van der Waals surface area contributed by atoms with Crippen molar-refractivity contribution in [3.8, 4) is 5.75 Å². The summed E-state index contributed by atoms with van der Waals surface area (Å²) in [7, 11) is 0. The van der Waals surface area contributed by atoms with Crippen LogP contribution in [0.3, 0.4) is 0 Å². The van der Waals surface area contributed by atoms with Crippen LogP contribution in [-0.2, 0) is 11.3 Å². The monoisotopic (exact) mass is 364 g/mol. The summed E-state index contributed by atoms with van der Waals surface area (Å²) >= 11 is 0. The van der Waals surface area contributed by atoms with Crippen LogP contribution in [0.25, 0.3) is 0 Å². The highest BCUT2D eigenvalue weighted by atomic mass is 16.5. The Kier molecular flexibility index (Phi) is 4.60. The Bertz CT molecular complexity index is 873. The maximum absolute atomic E-state index is 13.0. The predicted octanol–water partition coefficient (Wildman–Crippen LogP) is 3.02. The molecule has 1 atom stereocenters. The molecule has 5 nitrogen and oxygen atoms in total. The van der Waals surface area contributed by atoms with E-state index in [0.29, 0.717) is 31.6 Å². The molecule has 1 saturated heterocycles. The third-order valence-corrected chi connectivity index (χ3v) is 5.44. The molecular formula is C22H24N2O3. The Hall–Kier alpha value is -2.82. The normalized spacial score (nSPS) is 17.5. The van der Waals surface area contributed by atoms with Gasteiger partial charge in [-0.05, 0) is 36.6 Å². The second-order valence-electron chi connectivity index (χ2n) is 7.26. The summed E-state index contributed by atoms with van der Waals surface area (Å²) in [5, 5.41) is 0. The summed E-state index contributed by atoms with van der Waals surface area (Å²) in [6, 6.07) is 15.1. The molecule has 0 unspecified atom stereocenters. The fraction of sp³-hybridized carbons (Fsp3) is 0.364. The van der Waals surface area contributed by atoms with Crippen LogP contribution in [0.15, 0.2) is 48.5 Å². The smallest absolute Gasteiger partial charge is 0.255 e. The van der Waals surface area contributed by atoms with Gasteiger partial charge in [-0.2, -0.15) is 0 Å². The maximum atomic E-state index is 13.0. The second kappa shape index (κ2) is 7.06. The van der Waals surface area contributed by atoms with Gasteiger partial charge in [-0.15, -0.1) is 0 Å². The third-order valence-electron chi connectivity index (χ3n) is 5.44. The van der Waals surface area contributed by atoms with Crippen LogP contribution >= 0.6 is 0 Å². The molecule has 0 saturated carbocycles. The minimum absolute atomic E-state index is 0.0130. The predicted molar refractivity (Wildman–Crippen MR) is 103 cm³/mol. The highest BCUT2D eigenvalue weighted by molar-refractivity contribution is 6.01. The van der Waals surface area contributed by atoms with Crippen LogP contribution < -0.4 is 4.74 Å². The van der Waals surface area contributed by atoms with Gasteiger partial charge in [-0.3, -0.25) is 9.59 Å². The van der Waals surface area contributed by atoms with E-state index in [1.807, 2.05) is 62.4 Å². The molecule has 0 aliphatic carbocycles. The molecule has 0 spiro atoms. The molecule has 0 N–H and O–H groups in total. The average Bonchev–Trinajstić information content (AvgIpc) is 2.97. The molecule has 0 bridgehead atoms. The van der Waals surface area contributed by atoms with Crippen molar-refractivity contribution in [3.05, 3.63) is 65.2 Å². The number of ether oxygens (including phenoxy) is 1. The first-order valence-electron chi connectivity index (χ1n) is 9.48. The number of fused-ring (bicyclic) bond motifs is 1. The second-order valence-corrected chi connectivity index (χ2v) is 7.26. The molecule has 0 radical (unpaired) electrons. The van der Waals surface area contributed by atoms with Crippen molar-refractivity contribution in [2.24, 2.45) is 0 Å². The Balaban J connectivity index is 1.38. The number of carbonyl (C=O) groups is 2. The first kappa shape index (κ1) is 17.6. The Labute approximate surface area is 159 Å². The number of benzene rings is 2. The first-order valence-corrected chi connectivity index (χ1v) is 9.48. The summed E-state index contributed by atoms with van der Waals surface area (Å²) in [5.74, 6) is 0.842. The highest BCUT2D eigenvalue weighted by Crippen LogP contribution is 2.28. The average molecular weight is 364 g/mol. The molecule has 4 rings (SSSR count). The molecule has 5 heteroatoms. The number of nitrogens with zero attached hydrogens (tertiary/aromatic N) is 2. The van der Waals surface area contributed by atoms with Gasteiger partial charge >= 0.3 is 0 Å². The lowest BCUT2D eigenvalue weighted by atomic mass is 10.1. The molecule has 2 aromatic carbocycles. The molecule has 140 valence electrons. The number of carbonyl (C=O) groups excluding carboxylic acids is 2. The van der Waals surface area contributed by atoms with Crippen LogP contribution in [0.2, 0.25) is 0 Å². The number of amides is 2. The number of hydrogen-bond donors (Lipinski definition) is 0. The number of aryl methyl sites for hydroxylation is 1. The van der Waals surface area contributed by atoms with Crippen molar-refractivity contribution < 1.29 is 14.3 Å². The molecule has 2 aliphatic heterocycles. The van der Waals surface area contributed by atoms with Crippen LogP contribution in [0.4, 0.5) is 0 Å². The lowest BCUT2D eigenvalue weighted by Gasteiger charge is -2.42. The summed E-state index contributed by atoms with van der Waals surface area (Å²) in [6.07, 6.45) is 0.622. The summed E-state index contributed by atoms with van der Waals surface area (Å²) in [4.78, 5) is 29.2. The number of likely N-dealkylation sites (tertiary alicyclic amines) is 1. The van der Waals surface area contributed by atoms with Gasteiger partial charge in [0.2, 0.25) is 5.91 Å². The molecule has 27 heavy (non-hydrogen) atoms. The fourth-order valence-electron chi connectivity index (χ4n) is 3.83. The molecule has 2 aromatic rings. The van der Waals surface area contributed by atoms with Crippen LogP contribution in [0.5, 0.6) is 5.75 Å². The lowest BCUT2D eigenvalue weighted by molar-refractivity contribution is -0.145. The van der Waals surface area contributed by atoms with Gasteiger partial charge in [0.1, 0.15) is 17.9 Å². The van der Waals surface area contributed by atoms with Crippen LogP contribution in [-0.4, -0.2) is 46.8 Å². The quantitative estimate of drug-likeness (QED) is 0.819. The van der Waals surface area contributed by atoms with E-state index < -0.39 is 6.04 Å². The fourth-order valence-corrected chi connectivity index (χ4v) is 3.83. The molecule has 1 fully saturated rings. The standard InChI is InChI=1S/C22H24N2O3/c1-3-19(24-12-16-9-5-6-10-18(16)21(24)25)22(26)23-13-17(14-23)27-20-11-7-4-8-15(20)2/h4-11,17,19H,3,12-14H2,1-2H3/t19-/m0/s1. The van der Waals surface area contributed by atoms with Gasteiger partial charge in [0.25, 0.3) is 5.91 Å². The minimum Gasteiger partial charge on any atom is -0.486 e. The zero-order valence-electron chi connectivity index (χ0n) is 15.7. The number of hydrogen-bond acceptors (Lipinski definition) is 3. The van der Waals surface area contributed by atoms with E-state index in [4.69, 9.17) is 4.74 Å². The zero-order chi connectivity index (χ0) is 19.0. The van der Waals surface area contributed by atoms with Crippen LogP contribution in [0.1, 0.15) is 34.8 Å². The van der Waals surface area contributed by atoms with Gasteiger partial charge in [0, 0.05) is 12.1 Å². The SMILES string of the molecule is CC[C@@H](C(=O)N1CC(Oc2ccccc2C)C1)N1Cc2ccccc2C1=O. The van der Waals surface area contributed by atoms with Gasteiger partial charge in [0.15, 0.2) is 0 Å². The Morgan fingerprint density at radius 2 is 1.85 bits per heavy atom. The topological polar surface area (TPSA) is 49.9 Å².